The van der Waals surface area contributed by atoms with Crippen molar-refractivity contribution in [1.29, 1.82) is 0 Å². The van der Waals surface area contributed by atoms with Gasteiger partial charge in [0.15, 0.2) is 0 Å². The summed E-state index contributed by atoms with van der Waals surface area (Å²) in [6.07, 6.45) is 0.971. The van der Waals surface area contributed by atoms with E-state index in [2.05, 4.69) is 26.6 Å². The summed E-state index contributed by atoms with van der Waals surface area (Å²) in [6.45, 7) is 0. The molecular weight excluding hydrogens is 320 g/mol. The number of benzene rings is 2. The Morgan fingerprint density at radius 2 is 1.95 bits per heavy atom. The molecule has 1 heterocycles. The van der Waals surface area contributed by atoms with E-state index in [0.29, 0.717) is 12.8 Å². The highest BCUT2D eigenvalue weighted by Gasteiger charge is 2.27. The molecule has 5 heteroatoms. The van der Waals surface area contributed by atoms with Crippen LogP contribution in [-0.2, 0) is 9.59 Å². The smallest absolute Gasteiger partial charge is 0.246 e. The van der Waals surface area contributed by atoms with Gasteiger partial charge in [-0.15, -0.1) is 0 Å². The Morgan fingerprint density at radius 1 is 1.20 bits per heavy atom. The summed E-state index contributed by atoms with van der Waals surface area (Å²) < 4.78 is 0.986. The van der Waals surface area contributed by atoms with Crippen molar-refractivity contribution in [2.75, 3.05) is 5.32 Å². The van der Waals surface area contributed by atoms with E-state index >= 15 is 0 Å². The van der Waals surface area contributed by atoms with Crippen molar-refractivity contribution in [3.63, 3.8) is 0 Å². The lowest BCUT2D eigenvalue weighted by Gasteiger charge is -2.13. The fourth-order valence-corrected chi connectivity index (χ4v) is 2.88. The highest BCUT2D eigenvalue weighted by Crippen LogP contribution is 2.30. The molecule has 3 rings (SSSR count). The number of carbonyl (C=O) groups excluding carboxylic acids is 2. The normalized spacial score (nSPS) is 18.1. The summed E-state index contributed by atoms with van der Waals surface area (Å²) in [5, 5.41) is 7.59. The molecular formula is C15H13BrN2O2. The highest BCUT2D eigenvalue weighted by molar-refractivity contribution is 9.10. The summed E-state index contributed by atoms with van der Waals surface area (Å²) in [5.41, 5.74) is 0.759. The van der Waals surface area contributed by atoms with Crippen LogP contribution in [0.15, 0.2) is 40.9 Å². The van der Waals surface area contributed by atoms with Crippen molar-refractivity contribution >= 4 is 44.2 Å². The molecule has 102 valence electrons. The van der Waals surface area contributed by atoms with Crippen molar-refractivity contribution < 1.29 is 9.59 Å². The topological polar surface area (TPSA) is 58.2 Å². The van der Waals surface area contributed by atoms with Gasteiger partial charge < -0.3 is 10.6 Å². The molecule has 1 fully saturated rings. The largest absolute Gasteiger partial charge is 0.344 e. The van der Waals surface area contributed by atoms with Gasteiger partial charge in [-0.1, -0.05) is 40.2 Å². The van der Waals surface area contributed by atoms with Gasteiger partial charge in [0, 0.05) is 22.0 Å². The zero-order valence-electron chi connectivity index (χ0n) is 10.7. The minimum Gasteiger partial charge on any atom is -0.344 e. The fraction of sp³-hybridized carbons (Fsp3) is 0.200. The van der Waals surface area contributed by atoms with Gasteiger partial charge in [-0.3, -0.25) is 9.59 Å². The van der Waals surface area contributed by atoms with Gasteiger partial charge in [-0.2, -0.15) is 0 Å². The van der Waals surface area contributed by atoms with Crippen molar-refractivity contribution in [1.82, 2.24) is 5.32 Å². The van der Waals surface area contributed by atoms with Crippen LogP contribution in [0.5, 0.6) is 0 Å². The monoisotopic (exact) mass is 332 g/mol. The van der Waals surface area contributed by atoms with Crippen LogP contribution in [0.25, 0.3) is 10.8 Å². The van der Waals surface area contributed by atoms with Crippen LogP contribution in [0.2, 0.25) is 0 Å². The summed E-state index contributed by atoms with van der Waals surface area (Å²) in [6, 6.07) is 11.2. The number of amides is 2. The van der Waals surface area contributed by atoms with E-state index in [-0.39, 0.29) is 11.8 Å². The Morgan fingerprint density at radius 3 is 2.65 bits per heavy atom. The summed E-state index contributed by atoms with van der Waals surface area (Å²) in [5.74, 6) is -0.228. The SMILES string of the molecule is O=C1CC[C@H](C(=O)Nc2ccc(Br)c3ccccc23)N1. The number of hydrogen-bond acceptors (Lipinski definition) is 2. The van der Waals surface area contributed by atoms with Gasteiger partial charge in [0.2, 0.25) is 11.8 Å². The Balaban J connectivity index is 1.89. The number of fused-ring (bicyclic) bond motifs is 1. The van der Waals surface area contributed by atoms with E-state index in [1.165, 1.54) is 0 Å². The highest BCUT2D eigenvalue weighted by atomic mass is 79.9. The standard InChI is InChI=1S/C15H13BrN2O2/c16-11-5-6-12(10-4-2-1-3-9(10)11)18-15(20)13-7-8-14(19)17-13/h1-6,13H,7-8H2,(H,17,19)(H,18,20)/t13-/m1/s1. The van der Waals surface area contributed by atoms with E-state index in [1.54, 1.807) is 0 Å². The molecule has 2 N–H and O–H groups in total. The molecule has 0 aliphatic carbocycles. The van der Waals surface area contributed by atoms with E-state index in [4.69, 9.17) is 0 Å². The molecule has 2 amide bonds. The molecule has 0 aromatic heterocycles. The molecule has 1 aliphatic rings. The first-order valence-electron chi connectivity index (χ1n) is 6.42. The average molecular weight is 333 g/mol. The summed E-state index contributed by atoms with van der Waals surface area (Å²) >= 11 is 3.50. The van der Waals surface area contributed by atoms with Crippen LogP contribution in [0.3, 0.4) is 0 Å². The predicted octanol–water partition coefficient (Wildman–Crippen LogP) is 2.82. The lowest BCUT2D eigenvalue weighted by Crippen LogP contribution is -2.37. The molecule has 2 aromatic carbocycles. The van der Waals surface area contributed by atoms with Crippen molar-refractivity contribution in [3.05, 3.63) is 40.9 Å². The average Bonchev–Trinajstić information content (AvgIpc) is 2.89. The van der Waals surface area contributed by atoms with Gasteiger partial charge in [0.1, 0.15) is 6.04 Å². The zero-order chi connectivity index (χ0) is 14.1. The third kappa shape index (κ3) is 2.41. The molecule has 1 aliphatic heterocycles. The van der Waals surface area contributed by atoms with E-state index in [1.807, 2.05) is 36.4 Å². The first-order chi connectivity index (χ1) is 9.65. The number of nitrogens with one attached hydrogen (secondary N) is 2. The molecule has 0 bridgehead atoms. The first kappa shape index (κ1) is 13.1. The zero-order valence-corrected chi connectivity index (χ0v) is 12.2. The number of anilines is 1. The fourth-order valence-electron chi connectivity index (χ4n) is 2.40. The van der Waals surface area contributed by atoms with Crippen molar-refractivity contribution in [2.45, 2.75) is 18.9 Å². The predicted molar refractivity (Wildman–Crippen MR) is 81.4 cm³/mol. The Hall–Kier alpha value is -1.88. The molecule has 1 atom stereocenters. The molecule has 0 saturated carbocycles. The minimum atomic E-state index is -0.426. The van der Waals surface area contributed by atoms with E-state index in [0.717, 1.165) is 20.9 Å². The number of rotatable bonds is 2. The molecule has 0 radical (unpaired) electrons. The van der Waals surface area contributed by atoms with Crippen LogP contribution >= 0.6 is 15.9 Å². The second kappa shape index (κ2) is 5.25. The van der Waals surface area contributed by atoms with Crippen molar-refractivity contribution in [2.24, 2.45) is 0 Å². The second-order valence-electron chi connectivity index (χ2n) is 4.79. The number of carbonyl (C=O) groups is 2. The molecule has 20 heavy (non-hydrogen) atoms. The van der Waals surface area contributed by atoms with E-state index < -0.39 is 6.04 Å². The maximum absolute atomic E-state index is 12.2. The molecule has 4 nitrogen and oxygen atoms in total. The lowest BCUT2D eigenvalue weighted by atomic mass is 10.1. The Bertz CT molecular complexity index is 699. The van der Waals surface area contributed by atoms with Crippen LogP contribution < -0.4 is 10.6 Å². The third-order valence-electron chi connectivity index (χ3n) is 3.44. The van der Waals surface area contributed by atoms with Crippen LogP contribution in [0, 0.1) is 0 Å². The maximum Gasteiger partial charge on any atom is 0.246 e. The molecule has 0 unspecified atom stereocenters. The van der Waals surface area contributed by atoms with Gasteiger partial charge in [0.05, 0.1) is 0 Å². The van der Waals surface area contributed by atoms with Crippen LogP contribution in [-0.4, -0.2) is 17.9 Å². The van der Waals surface area contributed by atoms with Crippen molar-refractivity contribution in [3.8, 4) is 0 Å². The minimum absolute atomic E-state index is 0.0641. The molecule has 0 spiro atoms. The first-order valence-corrected chi connectivity index (χ1v) is 7.22. The van der Waals surface area contributed by atoms with E-state index in [9.17, 15) is 9.59 Å². The number of halogens is 1. The maximum atomic E-state index is 12.2. The molecule has 2 aromatic rings. The van der Waals surface area contributed by atoms with Gasteiger partial charge >= 0.3 is 0 Å². The van der Waals surface area contributed by atoms with Gasteiger partial charge in [0.25, 0.3) is 0 Å². The lowest BCUT2D eigenvalue weighted by molar-refractivity contribution is -0.122. The van der Waals surface area contributed by atoms with Crippen LogP contribution in [0.1, 0.15) is 12.8 Å². The van der Waals surface area contributed by atoms with Gasteiger partial charge in [-0.25, -0.2) is 0 Å². The second-order valence-corrected chi connectivity index (χ2v) is 5.64. The third-order valence-corrected chi connectivity index (χ3v) is 4.13. The Labute approximate surface area is 124 Å². The quantitative estimate of drug-likeness (QED) is 0.888. The Kier molecular flexibility index (Phi) is 3.44. The summed E-state index contributed by atoms with van der Waals surface area (Å²) in [4.78, 5) is 23.3. The van der Waals surface area contributed by atoms with Crippen LogP contribution in [0.4, 0.5) is 5.69 Å². The molecule has 1 saturated heterocycles. The number of hydrogen-bond donors (Lipinski definition) is 2. The summed E-state index contributed by atoms with van der Waals surface area (Å²) in [7, 11) is 0. The van der Waals surface area contributed by atoms with Gasteiger partial charge in [-0.05, 0) is 23.9 Å².